The van der Waals surface area contributed by atoms with Gasteiger partial charge in [0.1, 0.15) is 29.9 Å². The van der Waals surface area contributed by atoms with E-state index in [-0.39, 0.29) is 47.1 Å². The SMILES string of the molecule is C#Cc1c(F)cc/c(=C/C(O)/C=C/Cc2ncc3c(N4CCCC5(CNC(=O)C5)C4)nc(OC[C@@]45CCCN4C[C@H](F)C5)nc3c2F)c1=C. The minimum Gasteiger partial charge on any atom is -0.461 e. The summed E-state index contributed by atoms with van der Waals surface area (Å²) in [7, 11) is 0. The van der Waals surface area contributed by atoms with Crippen molar-refractivity contribution in [2.24, 2.45) is 5.41 Å². The van der Waals surface area contributed by atoms with E-state index in [0.29, 0.717) is 60.7 Å². The molecule has 4 aliphatic rings. The lowest BCUT2D eigenvalue weighted by Crippen LogP contribution is -2.45. The number of nitrogens with one attached hydrogen (secondary N) is 1. The molecule has 7 rings (SSSR count). The maximum Gasteiger partial charge on any atom is 0.319 e. The standard InChI is InChI=1S/C37H39F3N6O3/c1-3-27-23(2)24(9-10-29(27)39)15-26(47)7-4-8-30-32(40)33-28(18-41-30)34(45-13-5-11-36(21-45)17-31(48)42-20-36)44-35(43-33)49-22-37-12-6-14-46(37)19-25(38)16-37/h1,4,7,9-10,15,18,25-26,47H,2,5-6,8,11-14,16-17,19-22H2,(H,42,48)/b7-4+,24-15-/t25-,26?,36?,37+/m1/s1. The lowest BCUT2D eigenvalue weighted by molar-refractivity contribution is -0.119. The van der Waals surface area contributed by atoms with Crippen molar-refractivity contribution in [3.05, 3.63) is 63.8 Å². The molecule has 0 bridgehead atoms. The summed E-state index contributed by atoms with van der Waals surface area (Å²) >= 11 is 0. The third-order valence-corrected chi connectivity index (χ3v) is 10.5. The van der Waals surface area contributed by atoms with Crippen molar-refractivity contribution in [3.8, 4) is 18.4 Å². The third-order valence-electron chi connectivity index (χ3n) is 10.5. The summed E-state index contributed by atoms with van der Waals surface area (Å²) in [5.74, 6) is 1.59. The smallest absolute Gasteiger partial charge is 0.319 e. The molecule has 1 aromatic carbocycles. The molecule has 4 fully saturated rings. The number of halogens is 3. The van der Waals surface area contributed by atoms with Crippen LogP contribution in [0.2, 0.25) is 0 Å². The van der Waals surface area contributed by atoms with Gasteiger partial charge in [0.05, 0.1) is 28.3 Å². The van der Waals surface area contributed by atoms with Gasteiger partial charge in [0.25, 0.3) is 0 Å². The monoisotopic (exact) mass is 672 g/mol. The number of carbonyl (C=O) groups is 1. The van der Waals surface area contributed by atoms with E-state index in [2.05, 4.69) is 37.6 Å². The van der Waals surface area contributed by atoms with E-state index < -0.39 is 29.4 Å². The Hall–Kier alpha value is -4.47. The Bertz CT molecular complexity index is 1980. The van der Waals surface area contributed by atoms with Crippen LogP contribution in [0.1, 0.15) is 49.8 Å². The van der Waals surface area contributed by atoms with Crippen LogP contribution in [0.25, 0.3) is 23.6 Å². The van der Waals surface area contributed by atoms with E-state index in [1.807, 2.05) is 0 Å². The van der Waals surface area contributed by atoms with Crippen molar-refractivity contribution in [3.63, 3.8) is 0 Å². The van der Waals surface area contributed by atoms with Crippen molar-refractivity contribution in [2.75, 3.05) is 44.2 Å². The number of fused-ring (bicyclic) bond motifs is 2. The summed E-state index contributed by atoms with van der Waals surface area (Å²) in [4.78, 5) is 30.1. The molecule has 2 N–H and O–H groups in total. The Labute approximate surface area is 282 Å². The molecule has 2 unspecified atom stereocenters. The number of aliphatic hydroxyl groups is 1. The first-order valence-electron chi connectivity index (χ1n) is 16.8. The van der Waals surface area contributed by atoms with Crippen molar-refractivity contribution in [1.29, 1.82) is 0 Å². The summed E-state index contributed by atoms with van der Waals surface area (Å²) in [5.41, 5.74) is -0.482. The van der Waals surface area contributed by atoms with E-state index in [1.54, 1.807) is 12.3 Å². The summed E-state index contributed by atoms with van der Waals surface area (Å²) < 4.78 is 50.9. The van der Waals surface area contributed by atoms with Crippen LogP contribution in [0.15, 0.2) is 30.5 Å². The Morgan fingerprint density at radius 3 is 2.88 bits per heavy atom. The first kappa shape index (κ1) is 33.0. The van der Waals surface area contributed by atoms with Crippen LogP contribution in [0.5, 0.6) is 6.01 Å². The number of hydrogen-bond donors (Lipinski definition) is 2. The molecule has 12 heteroatoms. The van der Waals surface area contributed by atoms with Crippen LogP contribution in [0.4, 0.5) is 19.0 Å². The number of allylic oxidation sites excluding steroid dienone is 1. The number of pyridine rings is 1. The van der Waals surface area contributed by atoms with Gasteiger partial charge in [0.15, 0.2) is 5.82 Å². The molecule has 1 spiro atoms. The Kier molecular flexibility index (Phi) is 8.83. The average molecular weight is 673 g/mol. The molecule has 3 aromatic rings. The summed E-state index contributed by atoms with van der Waals surface area (Å²) in [6.45, 7) is 7.02. The zero-order valence-corrected chi connectivity index (χ0v) is 27.2. The summed E-state index contributed by atoms with van der Waals surface area (Å²) in [6.07, 6.45) is 13.8. The van der Waals surface area contributed by atoms with Gasteiger partial charge in [-0.1, -0.05) is 30.7 Å². The first-order valence-corrected chi connectivity index (χ1v) is 16.8. The fourth-order valence-electron chi connectivity index (χ4n) is 8.09. The van der Waals surface area contributed by atoms with Crippen LogP contribution in [-0.4, -0.2) is 88.0 Å². The van der Waals surface area contributed by atoms with E-state index in [1.165, 1.54) is 24.3 Å². The highest BCUT2D eigenvalue weighted by molar-refractivity contribution is 5.90. The number of piperidine rings is 1. The van der Waals surface area contributed by atoms with Crippen molar-refractivity contribution in [1.82, 2.24) is 25.2 Å². The van der Waals surface area contributed by atoms with Gasteiger partial charge in [-0.05, 0) is 54.8 Å². The fraction of sp³-hybridized carbons (Fsp3) is 0.459. The number of terminal acetylenes is 1. The van der Waals surface area contributed by atoms with Crippen LogP contribution in [0.3, 0.4) is 0 Å². The van der Waals surface area contributed by atoms with Gasteiger partial charge >= 0.3 is 6.01 Å². The topological polar surface area (TPSA) is 104 Å². The second kappa shape index (κ2) is 13.1. The predicted molar refractivity (Wildman–Crippen MR) is 180 cm³/mol. The summed E-state index contributed by atoms with van der Waals surface area (Å²) in [5, 5.41) is 14.8. The number of aromatic nitrogens is 3. The lowest BCUT2D eigenvalue weighted by atomic mass is 9.79. The number of alkyl halides is 1. The van der Waals surface area contributed by atoms with Crippen LogP contribution >= 0.6 is 0 Å². The zero-order valence-electron chi connectivity index (χ0n) is 27.2. The molecule has 0 radical (unpaired) electrons. The largest absolute Gasteiger partial charge is 0.461 e. The highest BCUT2D eigenvalue weighted by Crippen LogP contribution is 2.42. The molecule has 0 saturated carbocycles. The molecule has 9 nitrogen and oxygen atoms in total. The number of nitrogens with zero attached hydrogens (tertiary/aromatic N) is 5. The Morgan fingerprint density at radius 2 is 2.08 bits per heavy atom. The van der Waals surface area contributed by atoms with Gasteiger partial charge in [0.2, 0.25) is 5.91 Å². The molecule has 4 saturated heterocycles. The Balaban J connectivity index is 1.18. The number of benzene rings is 1. The minimum absolute atomic E-state index is 0.0116. The van der Waals surface area contributed by atoms with Gasteiger partial charge in [-0.3, -0.25) is 14.7 Å². The highest BCUT2D eigenvalue weighted by atomic mass is 19.1. The van der Waals surface area contributed by atoms with E-state index in [9.17, 15) is 18.7 Å². The number of amides is 1. The maximum atomic E-state index is 16.3. The number of aliphatic hydroxyl groups excluding tert-OH is 1. The van der Waals surface area contributed by atoms with E-state index in [0.717, 1.165) is 32.2 Å². The molecule has 256 valence electrons. The molecule has 4 atom stereocenters. The molecule has 6 heterocycles. The van der Waals surface area contributed by atoms with E-state index >= 15 is 4.39 Å². The fourth-order valence-corrected chi connectivity index (χ4v) is 8.09. The number of anilines is 1. The molecule has 4 aliphatic heterocycles. The quantitative estimate of drug-likeness (QED) is 0.278. The molecule has 0 aliphatic carbocycles. The Morgan fingerprint density at radius 1 is 1.24 bits per heavy atom. The van der Waals surface area contributed by atoms with Crippen LogP contribution in [0, 0.1) is 29.4 Å². The molecule has 49 heavy (non-hydrogen) atoms. The number of hydrogen-bond acceptors (Lipinski definition) is 8. The predicted octanol–water partition coefficient (Wildman–Crippen LogP) is 2.70. The van der Waals surface area contributed by atoms with Gasteiger partial charge < -0.3 is 20.1 Å². The molecule has 2 aromatic heterocycles. The van der Waals surface area contributed by atoms with Gasteiger partial charge in [-0.2, -0.15) is 9.97 Å². The molecule has 1 amide bonds. The van der Waals surface area contributed by atoms with Crippen LogP contribution < -0.4 is 25.4 Å². The first-order chi connectivity index (χ1) is 23.6. The summed E-state index contributed by atoms with van der Waals surface area (Å²) in [6, 6.07) is 2.71. The van der Waals surface area contributed by atoms with Crippen LogP contribution in [-0.2, 0) is 11.2 Å². The van der Waals surface area contributed by atoms with Gasteiger partial charge in [0, 0.05) is 57.1 Å². The van der Waals surface area contributed by atoms with Crippen molar-refractivity contribution < 1.29 is 27.8 Å². The maximum absolute atomic E-state index is 16.3. The molecular formula is C37H39F3N6O3. The van der Waals surface area contributed by atoms with Crippen molar-refractivity contribution >= 4 is 35.3 Å². The van der Waals surface area contributed by atoms with Gasteiger partial charge in [-0.25, -0.2) is 13.2 Å². The minimum atomic E-state index is -1.08. The average Bonchev–Trinajstić information content (AvgIpc) is 3.73. The van der Waals surface area contributed by atoms with E-state index in [4.69, 9.17) is 16.1 Å². The van der Waals surface area contributed by atoms with Crippen molar-refractivity contribution in [2.45, 2.75) is 62.8 Å². The number of ether oxygens (including phenoxy) is 1. The number of rotatable bonds is 8. The third kappa shape index (κ3) is 6.37. The second-order valence-electron chi connectivity index (χ2n) is 13.9. The highest BCUT2D eigenvalue weighted by Gasteiger charge is 2.49. The molecular weight excluding hydrogens is 633 g/mol. The van der Waals surface area contributed by atoms with Gasteiger partial charge in [-0.15, -0.1) is 6.42 Å². The zero-order chi connectivity index (χ0) is 34.3. The number of carbonyl (C=O) groups excluding carboxylic acids is 1. The second-order valence-corrected chi connectivity index (χ2v) is 13.9. The lowest BCUT2D eigenvalue weighted by Gasteiger charge is -2.40. The normalized spacial score (nSPS) is 26.5.